The third-order valence-corrected chi connectivity index (χ3v) is 3.41. The molecule has 0 atom stereocenters. The zero-order valence-electron chi connectivity index (χ0n) is 13.6. The number of ether oxygens (including phenoxy) is 2. The van der Waals surface area contributed by atoms with Crippen LogP contribution in [0.3, 0.4) is 0 Å². The summed E-state index contributed by atoms with van der Waals surface area (Å²) in [6.07, 6.45) is 0.720. The number of nitrogens with one attached hydrogen (secondary N) is 1. The summed E-state index contributed by atoms with van der Waals surface area (Å²) in [5, 5.41) is 11.8. The Balaban J connectivity index is 2.42. The molecular weight excluding hydrogens is 284 g/mol. The van der Waals surface area contributed by atoms with Gasteiger partial charge in [0.25, 0.3) is 0 Å². The van der Waals surface area contributed by atoms with Crippen LogP contribution in [0.1, 0.15) is 12.5 Å². The molecule has 1 aromatic rings. The molecule has 0 unspecified atom stereocenters. The van der Waals surface area contributed by atoms with Gasteiger partial charge in [-0.05, 0) is 30.7 Å². The molecule has 22 heavy (non-hydrogen) atoms. The van der Waals surface area contributed by atoms with Gasteiger partial charge in [-0.1, -0.05) is 13.0 Å². The summed E-state index contributed by atoms with van der Waals surface area (Å²) in [6, 6.07) is 5.72. The van der Waals surface area contributed by atoms with Gasteiger partial charge in [-0.3, -0.25) is 9.69 Å². The lowest BCUT2D eigenvalue weighted by Crippen LogP contribution is -2.39. The minimum Gasteiger partial charge on any atom is -0.493 e. The van der Waals surface area contributed by atoms with E-state index >= 15 is 0 Å². The summed E-state index contributed by atoms with van der Waals surface area (Å²) in [6.45, 7) is 4.15. The van der Waals surface area contributed by atoms with E-state index < -0.39 is 0 Å². The van der Waals surface area contributed by atoms with E-state index in [2.05, 4.69) is 5.32 Å². The summed E-state index contributed by atoms with van der Waals surface area (Å²) in [5.74, 6) is 1.35. The van der Waals surface area contributed by atoms with Crippen LogP contribution in [0.2, 0.25) is 0 Å². The summed E-state index contributed by atoms with van der Waals surface area (Å²) >= 11 is 0. The van der Waals surface area contributed by atoms with Gasteiger partial charge >= 0.3 is 0 Å². The molecule has 0 spiro atoms. The lowest BCUT2D eigenvalue weighted by atomic mass is 10.1. The van der Waals surface area contributed by atoms with Crippen molar-refractivity contribution in [1.29, 1.82) is 0 Å². The Kier molecular flexibility index (Phi) is 8.32. The predicted molar refractivity (Wildman–Crippen MR) is 85.5 cm³/mol. The van der Waals surface area contributed by atoms with Gasteiger partial charge in [0.05, 0.1) is 27.4 Å². The maximum absolute atomic E-state index is 11.8. The molecule has 0 aromatic heterocycles. The highest BCUT2D eigenvalue weighted by Crippen LogP contribution is 2.27. The predicted octanol–water partition coefficient (Wildman–Crippen LogP) is 0.677. The first-order valence-electron chi connectivity index (χ1n) is 7.45. The van der Waals surface area contributed by atoms with Crippen LogP contribution in [0.25, 0.3) is 0 Å². The van der Waals surface area contributed by atoms with Gasteiger partial charge in [0.1, 0.15) is 0 Å². The first kappa shape index (κ1) is 18.3. The summed E-state index contributed by atoms with van der Waals surface area (Å²) in [4.78, 5) is 13.7. The minimum absolute atomic E-state index is 0.0317. The van der Waals surface area contributed by atoms with Gasteiger partial charge in [0, 0.05) is 13.1 Å². The maximum Gasteiger partial charge on any atom is 0.234 e. The summed E-state index contributed by atoms with van der Waals surface area (Å²) in [5.41, 5.74) is 1.07. The molecule has 1 aromatic carbocycles. The Bertz CT molecular complexity index is 465. The molecule has 124 valence electrons. The van der Waals surface area contributed by atoms with Crippen molar-refractivity contribution < 1.29 is 19.4 Å². The molecule has 0 aliphatic heterocycles. The average molecular weight is 310 g/mol. The molecule has 2 N–H and O–H groups in total. The van der Waals surface area contributed by atoms with Crippen LogP contribution < -0.4 is 14.8 Å². The molecule has 0 aliphatic rings. The zero-order chi connectivity index (χ0) is 16.4. The number of hydrogen-bond donors (Lipinski definition) is 2. The van der Waals surface area contributed by atoms with Crippen LogP contribution in [-0.4, -0.2) is 62.9 Å². The van der Waals surface area contributed by atoms with Crippen LogP contribution >= 0.6 is 0 Å². The molecule has 0 bridgehead atoms. The van der Waals surface area contributed by atoms with Gasteiger partial charge < -0.3 is 19.9 Å². The normalized spacial score (nSPS) is 10.6. The molecule has 6 nitrogen and oxygen atoms in total. The van der Waals surface area contributed by atoms with Crippen LogP contribution in [0.4, 0.5) is 0 Å². The van der Waals surface area contributed by atoms with E-state index in [1.807, 2.05) is 30.0 Å². The molecule has 0 heterocycles. The van der Waals surface area contributed by atoms with Gasteiger partial charge in [-0.15, -0.1) is 0 Å². The molecule has 0 radical (unpaired) electrons. The van der Waals surface area contributed by atoms with Crippen LogP contribution in [0, 0.1) is 0 Å². The number of aliphatic hydroxyl groups is 1. The van der Waals surface area contributed by atoms with E-state index in [-0.39, 0.29) is 12.5 Å². The van der Waals surface area contributed by atoms with E-state index in [1.54, 1.807) is 14.2 Å². The Labute approximate surface area is 132 Å². The van der Waals surface area contributed by atoms with Crippen LogP contribution in [0.15, 0.2) is 18.2 Å². The van der Waals surface area contributed by atoms with Crippen LogP contribution in [-0.2, 0) is 11.2 Å². The topological polar surface area (TPSA) is 71.0 Å². The average Bonchev–Trinajstić information content (AvgIpc) is 2.54. The molecule has 1 amide bonds. The second-order valence-electron chi connectivity index (χ2n) is 4.88. The maximum atomic E-state index is 11.8. The highest BCUT2D eigenvalue weighted by atomic mass is 16.5. The SMILES string of the molecule is CCN(CCO)CC(=O)NCCc1ccc(OC)c(OC)c1. The Morgan fingerprint density at radius 3 is 2.59 bits per heavy atom. The fourth-order valence-electron chi connectivity index (χ4n) is 2.13. The first-order chi connectivity index (χ1) is 10.6. The van der Waals surface area contributed by atoms with Crippen molar-refractivity contribution in [2.75, 3.05) is 47.0 Å². The Hall–Kier alpha value is -1.79. The molecule has 6 heteroatoms. The van der Waals surface area contributed by atoms with Crippen molar-refractivity contribution in [3.8, 4) is 11.5 Å². The monoisotopic (exact) mass is 310 g/mol. The first-order valence-corrected chi connectivity index (χ1v) is 7.45. The van der Waals surface area contributed by atoms with Gasteiger partial charge in [0.2, 0.25) is 5.91 Å². The Morgan fingerprint density at radius 1 is 1.27 bits per heavy atom. The van der Waals surface area contributed by atoms with Gasteiger partial charge in [0.15, 0.2) is 11.5 Å². The lowest BCUT2D eigenvalue weighted by Gasteiger charge is -2.18. The molecule has 1 rings (SSSR count). The number of benzene rings is 1. The third-order valence-electron chi connectivity index (χ3n) is 3.41. The number of likely N-dealkylation sites (N-methyl/N-ethyl adjacent to an activating group) is 1. The molecule has 0 saturated carbocycles. The number of nitrogens with zero attached hydrogens (tertiary/aromatic N) is 1. The molecule has 0 saturated heterocycles. The van der Waals surface area contributed by atoms with Crippen molar-refractivity contribution in [2.24, 2.45) is 0 Å². The van der Waals surface area contributed by atoms with Crippen molar-refractivity contribution in [2.45, 2.75) is 13.3 Å². The number of rotatable bonds is 10. The standard InChI is InChI=1S/C16H26N2O4/c1-4-18(9-10-19)12-16(20)17-8-7-13-5-6-14(21-2)15(11-13)22-3/h5-6,11,19H,4,7-10,12H2,1-3H3,(H,17,20). The van der Waals surface area contributed by atoms with Gasteiger partial charge in [-0.2, -0.15) is 0 Å². The number of hydrogen-bond acceptors (Lipinski definition) is 5. The summed E-state index contributed by atoms with van der Waals surface area (Å²) in [7, 11) is 3.20. The summed E-state index contributed by atoms with van der Waals surface area (Å²) < 4.78 is 10.4. The van der Waals surface area contributed by atoms with E-state index in [9.17, 15) is 4.79 Å². The largest absolute Gasteiger partial charge is 0.493 e. The second kappa shape index (κ2) is 10.0. The number of carbonyl (C=O) groups is 1. The van der Waals surface area contributed by atoms with Crippen molar-refractivity contribution in [3.63, 3.8) is 0 Å². The van der Waals surface area contributed by atoms with Crippen molar-refractivity contribution in [3.05, 3.63) is 23.8 Å². The van der Waals surface area contributed by atoms with E-state index in [0.717, 1.165) is 18.5 Å². The minimum atomic E-state index is -0.0317. The number of methoxy groups -OCH3 is 2. The Morgan fingerprint density at radius 2 is 2.00 bits per heavy atom. The quantitative estimate of drug-likeness (QED) is 0.665. The van der Waals surface area contributed by atoms with Crippen LogP contribution in [0.5, 0.6) is 11.5 Å². The van der Waals surface area contributed by atoms with E-state index in [1.165, 1.54) is 0 Å². The number of carbonyl (C=O) groups excluding carboxylic acids is 1. The van der Waals surface area contributed by atoms with E-state index in [4.69, 9.17) is 14.6 Å². The number of aliphatic hydroxyl groups excluding tert-OH is 1. The second-order valence-corrected chi connectivity index (χ2v) is 4.88. The van der Waals surface area contributed by atoms with Gasteiger partial charge in [-0.25, -0.2) is 0 Å². The third kappa shape index (κ3) is 5.91. The fourth-order valence-corrected chi connectivity index (χ4v) is 2.13. The van der Waals surface area contributed by atoms with Crippen molar-refractivity contribution >= 4 is 5.91 Å². The number of amides is 1. The highest BCUT2D eigenvalue weighted by molar-refractivity contribution is 5.78. The fraction of sp³-hybridized carbons (Fsp3) is 0.562. The molecule has 0 fully saturated rings. The van der Waals surface area contributed by atoms with Crippen molar-refractivity contribution in [1.82, 2.24) is 10.2 Å². The zero-order valence-corrected chi connectivity index (χ0v) is 13.6. The smallest absolute Gasteiger partial charge is 0.234 e. The van der Waals surface area contributed by atoms with E-state index in [0.29, 0.717) is 31.1 Å². The molecule has 0 aliphatic carbocycles. The lowest BCUT2D eigenvalue weighted by molar-refractivity contribution is -0.122. The highest BCUT2D eigenvalue weighted by Gasteiger charge is 2.08. The molecular formula is C16H26N2O4.